The zero-order chi connectivity index (χ0) is 20.1. The average molecular weight is 399 g/mol. The molecule has 2 heterocycles. The molecule has 4 heteroatoms. The Hall–Kier alpha value is -1.65. The van der Waals surface area contributed by atoms with Crippen LogP contribution < -0.4 is 5.32 Å². The summed E-state index contributed by atoms with van der Waals surface area (Å²) < 4.78 is 0. The van der Waals surface area contributed by atoms with E-state index in [-0.39, 0.29) is 23.4 Å². The molecule has 1 amide bonds. The van der Waals surface area contributed by atoms with Gasteiger partial charge in [0.1, 0.15) is 0 Å². The minimum Gasteiger partial charge on any atom is -0.348 e. The molecule has 0 radical (unpaired) electrons. The maximum Gasteiger partial charge on any atom is 0.251 e. The largest absolute Gasteiger partial charge is 0.348 e. The van der Waals surface area contributed by atoms with Crippen molar-refractivity contribution in [3.8, 4) is 0 Å². The molecule has 1 saturated heterocycles. The van der Waals surface area contributed by atoms with Crippen LogP contribution in [0, 0.1) is 0 Å². The Morgan fingerprint density at radius 3 is 2.39 bits per heavy atom. The Morgan fingerprint density at radius 2 is 1.82 bits per heavy atom. The summed E-state index contributed by atoms with van der Waals surface area (Å²) in [5, 5.41) is 5.41. The van der Waals surface area contributed by atoms with Crippen LogP contribution in [0.5, 0.6) is 0 Å². The van der Waals surface area contributed by atoms with Crippen molar-refractivity contribution >= 4 is 17.2 Å². The fraction of sp³-hybridized carbons (Fsp3) is 0.542. The van der Waals surface area contributed by atoms with Gasteiger partial charge in [0, 0.05) is 16.5 Å². The summed E-state index contributed by atoms with van der Waals surface area (Å²) >= 11 is 1.79. The molecule has 1 aliphatic rings. The molecule has 152 valence electrons. The number of piperidine rings is 1. The highest BCUT2D eigenvalue weighted by atomic mass is 32.1. The van der Waals surface area contributed by atoms with Crippen molar-refractivity contribution in [1.29, 1.82) is 0 Å². The molecule has 0 aliphatic carbocycles. The summed E-state index contributed by atoms with van der Waals surface area (Å²) in [6.07, 6.45) is 4.89. The number of thiophene rings is 1. The number of likely N-dealkylation sites (tertiary alicyclic amines) is 1. The molecule has 2 unspecified atom stereocenters. The number of amides is 1. The topological polar surface area (TPSA) is 32.3 Å². The predicted molar refractivity (Wildman–Crippen MR) is 119 cm³/mol. The van der Waals surface area contributed by atoms with Gasteiger partial charge >= 0.3 is 0 Å². The minimum absolute atomic E-state index is 0.0203. The molecule has 1 fully saturated rings. The van der Waals surface area contributed by atoms with Crippen molar-refractivity contribution in [2.24, 2.45) is 0 Å². The Bertz CT molecular complexity index is 745. The number of hydrogen-bond acceptors (Lipinski definition) is 3. The molecule has 3 nitrogen and oxygen atoms in total. The van der Waals surface area contributed by atoms with Crippen LogP contribution in [-0.2, 0) is 5.41 Å². The molecule has 2 atom stereocenters. The number of carbonyl (C=O) groups is 1. The first-order valence-electron chi connectivity index (χ1n) is 10.6. The van der Waals surface area contributed by atoms with Crippen LogP contribution >= 0.6 is 11.3 Å². The van der Waals surface area contributed by atoms with E-state index in [1.807, 2.05) is 12.1 Å². The van der Waals surface area contributed by atoms with Gasteiger partial charge in [0.2, 0.25) is 0 Å². The van der Waals surface area contributed by atoms with Crippen LogP contribution in [0.15, 0.2) is 41.8 Å². The molecule has 1 aromatic heterocycles. The molecular formula is C24H34N2OS. The second kappa shape index (κ2) is 9.23. The monoisotopic (exact) mass is 398 g/mol. The summed E-state index contributed by atoms with van der Waals surface area (Å²) in [6.45, 7) is 11.1. The van der Waals surface area contributed by atoms with Crippen LogP contribution in [0.25, 0.3) is 0 Å². The molecule has 1 aromatic carbocycles. The standard InChI is InChI=1S/C24H34N2OS/c1-5-24(3,4)20-13-11-19(12-14-20)23(27)25-18(2)22(21-10-9-17-28-21)26-15-7-6-8-16-26/h9-14,17-18,22H,5-8,15-16H2,1-4H3,(H,25,27). The number of nitrogens with zero attached hydrogens (tertiary/aromatic N) is 1. The third-order valence-corrected chi connectivity index (χ3v) is 7.21. The van der Waals surface area contributed by atoms with Gasteiger partial charge in [-0.25, -0.2) is 0 Å². The molecule has 0 spiro atoms. The smallest absolute Gasteiger partial charge is 0.251 e. The van der Waals surface area contributed by atoms with Crippen molar-refractivity contribution in [1.82, 2.24) is 10.2 Å². The fourth-order valence-corrected chi connectivity index (χ4v) is 5.01. The zero-order valence-electron chi connectivity index (χ0n) is 17.7. The fourth-order valence-electron chi connectivity index (χ4n) is 4.04. The van der Waals surface area contributed by atoms with Gasteiger partial charge in [-0.2, -0.15) is 0 Å². The lowest BCUT2D eigenvalue weighted by Crippen LogP contribution is -2.46. The summed E-state index contributed by atoms with van der Waals surface area (Å²) in [6, 6.07) is 12.8. The Labute approximate surface area is 174 Å². The summed E-state index contributed by atoms with van der Waals surface area (Å²) in [7, 11) is 0. The number of hydrogen-bond donors (Lipinski definition) is 1. The van der Waals surface area contributed by atoms with Gasteiger partial charge in [0.05, 0.1) is 6.04 Å². The van der Waals surface area contributed by atoms with Crippen molar-refractivity contribution < 1.29 is 4.79 Å². The van der Waals surface area contributed by atoms with E-state index in [1.54, 1.807) is 11.3 Å². The maximum absolute atomic E-state index is 12.9. The van der Waals surface area contributed by atoms with Gasteiger partial charge in [0.15, 0.2) is 0 Å². The van der Waals surface area contributed by atoms with E-state index in [0.717, 1.165) is 25.1 Å². The van der Waals surface area contributed by atoms with Crippen LogP contribution in [0.1, 0.15) is 80.2 Å². The third kappa shape index (κ3) is 4.84. The Morgan fingerprint density at radius 1 is 1.14 bits per heavy atom. The molecule has 1 aliphatic heterocycles. The van der Waals surface area contributed by atoms with Crippen LogP contribution in [0.3, 0.4) is 0 Å². The number of benzene rings is 1. The lowest BCUT2D eigenvalue weighted by atomic mass is 9.82. The van der Waals surface area contributed by atoms with Crippen molar-refractivity contribution in [3.63, 3.8) is 0 Å². The quantitative estimate of drug-likeness (QED) is 0.641. The number of rotatable bonds is 7. The molecule has 0 saturated carbocycles. The van der Waals surface area contributed by atoms with Crippen molar-refractivity contribution in [3.05, 3.63) is 57.8 Å². The van der Waals surface area contributed by atoms with Gasteiger partial charge in [0.25, 0.3) is 5.91 Å². The molecule has 3 rings (SSSR count). The van der Waals surface area contributed by atoms with E-state index in [0.29, 0.717) is 0 Å². The minimum atomic E-state index is 0.0203. The summed E-state index contributed by atoms with van der Waals surface area (Å²) in [5.74, 6) is 0.0203. The predicted octanol–water partition coefficient (Wildman–Crippen LogP) is 5.78. The second-order valence-corrected chi connectivity index (χ2v) is 9.61. The van der Waals surface area contributed by atoms with E-state index >= 15 is 0 Å². The van der Waals surface area contributed by atoms with E-state index in [9.17, 15) is 4.79 Å². The summed E-state index contributed by atoms with van der Waals surface area (Å²) in [5.41, 5.74) is 2.16. The molecule has 1 N–H and O–H groups in total. The zero-order valence-corrected chi connectivity index (χ0v) is 18.5. The Kier molecular flexibility index (Phi) is 6.95. The van der Waals surface area contributed by atoms with Crippen LogP contribution in [-0.4, -0.2) is 29.9 Å². The van der Waals surface area contributed by atoms with Crippen molar-refractivity contribution in [2.45, 2.75) is 70.9 Å². The van der Waals surface area contributed by atoms with E-state index < -0.39 is 0 Å². The first-order valence-corrected chi connectivity index (χ1v) is 11.5. The van der Waals surface area contributed by atoms with Crippen LogP contribution in [0.2, 0.25) is 0 Å². The Balaban J connectivity index is 1.72. The molecule has 28 heavy (non-hydrogen) atoms. The first kappa shape index (κ1) is 21.1. The highest BCUT2D eigenvalue weighted by Gasteiger charge is 2.29. The number of nitrogens with one attached hydrogen (secondary N) is 1. The van der Waals surface area contributed by atoms with Gasteiger partial charge in [-0.15, -0.1) is 11.3 Å². The lowest BCUT2D eigenvalue weighted by molar-refractivity contribution is 0.0877. The van der Waals surface area contributed by atoms with E-state index in [1.165, 1.54) is 29.7 Å². The normalized spacial score (nSPS) is 17.9. The second-order valence-electron chi connectivity index (χ2n) is 8.63. The summed E-state index contributed by atoms with van der Waals surface area (Å²) in [4.78, 5) is 16.8. The lowest BCUT2D eigenvalue weighted by Gasteiger charge is -2.37. The molecule has 2 aromatic rings. The van der Waals surface area contributed by atoms with E-state index in [4.69, 9.17) is 0 Å². The maximum atomic E-state index is 12.9. The molecular weight excluding hydrogens is 364 g/mol. The van der Waals surface area contributed by atoms with Crippen molar-refractivity contribution in [2.75, 3.05) is 13.1 Å². The average Bonchev–Trinajstić information content (AvgIpc) is 3.23. The van der Waals surface area contributed by atoms with Gasteiger partial charge in [-0.05, 0) is 73.8 Å². The van der Waals surface area contributed by atoms with Gasteiger partial charge in [-0.3, -0.25) is 9.69 Å². The first-order chi connectivity index (χ1) is 13.4. The van der Waals surface area contributed by atoms with Crippen LogP contribution in [0.4, 0.5) is 0 Å². The highest BCUT2D eigenvalue weighted by Crippen LogP contribution is 2.31. The van der Waals surface area contributed by atoms with Gasteiger partial charge in [-0.1, -0.05) is 45.4 Å². The number of carbonyl (C=O) groups excluding carboxylic acids is 1. The van der Waals surface area contributed by atoms with E-state index in [2.05, 4.69) is 67.6 Å². The third-order valence-electron chi connectivity index (χ3n) is 6.26. The van der Waals surface area contributed by atoms with Gasteiger partial charge < -0.3 is 5.32 Å². The SMILES string of the molecule is CCC(C)(C)c1ccc(C(=O)NC(C)C(c2cccs2)N2CCCCC2)cc1. The molecule has 0 bridgehead atoms. The highest BCUT2D eigenvalue weighted by molar-refractivity contribution is 7.10.